The Kier molecular flexibility index (Phi) is 6.61. The fourth-order valence-corrected chi connectivity index (χ4v) is 3.04. The number of hydrogen-bond donors (Lipinski definition) is 2. The van der Waals surface area contributed by atoms with Crippen LogP contribution >= 0.6 is 0 Å². The van der Waals surface area contributed by atoms with E-state index in [4.69, 9.17) is 5.11 Å². The molecule has 0 amide bonds. The molecule has 0 aromatic heterocycles. The smallest absolute Gasteiger partial charge is 0.348 e. The van der Waals surface area contributed by atoms with Gasteiger partial charge in [0.05, 0.1) is 14.7 Å². The van der Waals surface area contributed by atoms with Crippen molar-refractivity contribution in [3.05, 3.63) is 11.3 Å². The molecule has 0 aliphatic heterocycles. The third kappa shape index (κ3) is 6.13. The molecule has 110 valence electrons. The monoisotopic (exact) mass is 288 g/mol. The first-order valence-electron chi connectivity index (χ1n) is 6.35. The Balaban J connectivity index is 4.83. The van der Waals surface area contributed by atoms with E-state index in [1.165, 1.54) is 0 Å². The van der Waals surface area contributed by atoms with Gasteiger partial charge in [0, 0.05) is 5.57 Å². The van der Waals surface area contributed by atoms with Gasteiger partial charge in [-0.15, -0.1) is 0 Å². The first-order chi connectivity index (χ1) is 8.55. The van der Waals surface area contributed by atoms with Gasteiger partial charge in [-0.1, -0.05) is 38.7 Å². The number of aliphatic hydroxyl groups excluding tert-OH is 1. The van der Waals surface area contributed by atoms with Gasteiger partial charge in [-0.05, 0) is 13.3 Å². The van der Waals surface area contributed by atoms with Gasteiger partial charge >= 0.3 is 11.9 Å². The highest BCUT2D eigenvalue weighted by atomic mass is 28.3. The predicted molar refractivity (Wildman–Crippen MR) is 75.1 cm³/mol. The number of esters is 2. The summed E-state index contributed by atoms with van der Waals surface area (Å²) in [6.45, 7) is 8.72. The molecule has 0 spiro atoms. The zero-order valence-corrected chi connectivity index (χ0v) is 13.3. The van der Waals surface area contributed by atoms with Crippen molar-refractivity contribution in [2.75, 3.05) is 6.61 Å². The molecule has 0 saturated heterocycles. The van der Waals surface area contributed by atoms with Gasteiger partial charge in [0.1, 0.15) is 0 Å². The zero-order chi connectivity index (χ0) is 15.3. The molecule has 0 radical (unpaired) electrons. The fraction of sp³-hybridized carbons (Fsp3) is 0.692. The SMILES string of the molecule is CCCC(O)(CO)C(=O)OC(=O)/C(C)=C/[Si](C)(C)C. The summed E-state index contributed by atoms with van der Waals surface area (Å²) in [6, 6.07) is 0. The minimum absolute atomic E-state index is 0.0480. The van der Waals surface area contributed by atoms with E-state index >= 15 is 0 Å². The minimum Gasteiger partial charge on any atom is -0.393 e. The second-order valence-corrected chi connectivity index (χ2v) is 10.8. The molecule has 6 heteroatoms. The lowest BCUT2D eigenvalue weighted by Crippen LogP contribution is -2.44. The average Bonchev–Trinajstić information content (AvgIpc) is 2.26. The van der Waals surface area contributed by atoms with Crippen LogP contribution in [0.2, 0.25) is 19.6 Å². The van der Waals surface area contributed by atoms with Crippen LogP contribution in [0, 0.1) is 0 Å². The quantitative estimate of drug-likeness (QED) is 0.334. The van der Waals surface area contributed by atoms with Gasteiger partial charge in [0.15, 0.2) is 5.60 Å². The predicted octanol–water partition coefficient (Wildman–Crippen LogP) is 1.40. The molecule has 0 heterocycles. The van der Waals surface area contributed by atoms with Crippen molar-refractivity contribution in [2.45, 2.75) is 51.9 Å². The van der Waals surface area contributed by atoms with Crippen molar-refractivity contribution in [1.29, 1.82) is 0 Å². The van der Waals surface area contributed by atoms with E-state index in [0.29, 0.717) is 12.0 Å². The van der Waals surface area contributed by atoms with Gasteiger partial charge in [-0.2, -0.15) is 0 Å². The van der Waals surface area contributed by atoms with Crippen LogP contribution in [0.5, 0.6) is 0 Å². The first kappa shape index (κ1) is 18.0. The maximum Gasteiger partial charge on any atom is 0.348 e. The van der Waals surface area contributed by atoms with E-state index in [2.05, 4.69) is 4.74 Å². The van der Waals surface area contributed by atoms with Crippen LogP contribution in [0.15, 0.2) is 11.3 Å². The number of rotatable bonds is 6. The van der Waals surface area contributed by atoms with Gasteiger partial charge in [0.25, 0.3) is 0 Å². The van der Waals surface area contributed by atoms with Crippen molar-refractivity contribution in [1.82, 2.24) is 0 Å². The van der Waals surface area contributed by atoms with Crippen molar-refractivity contribution in [3.63, 3.8) is 0 Å². The second kappa shape index (κ2) is 6.98. The number of carbonyl (C=O) groups excluding carboxylic acids is 2. The maximum atomic E-state index is 11.7. The molecule has 2 N–H and O–H groups in total. The fourth-order valence-electron chi connectivity index (χ4n) is 1.63. The maximum absolute atomic E-state index is 11.7. The molecule has 0 aliphatic rings. The summed E-state index contributed by atoms with van der Waals surface area (Å²) in [4.78, 5) is 23.4. The molecular weight excluding hydrogens is 264 g/mol. The van der Waals surface area contributed by atoms with Crippen molar-refractivity contribution >= 4 is 20.0 Å². The van der Waals surface area contributed by atoms with Crippen LogP contribution in [-0.4, -0.2) is 42.4 Å². The molecule has 0 aromatic carbocycles. The lowest BCUT2D eigenvalue weighted by molar-refractivity contribution is -0.176. The summed E-state index contributed by atoms with van der Waals surface area (Å²) in [5.41, 5.74) is 0.175. The van der Waals surface area contributed by atoms with Gasteiger partial charge < -0.3 is 14.9 Å². The summed E-state index contributed by atoms with van der Waals surface area (Å²) in [5, 5.41) is 18.9. The van der Waals surface area contributed by atoms with Crippen molar-refractivity contribution < 1.29 is 24.5 Å². The van der Waals surface area contributed by atoms with Crippen LogP contribution in [0.1, 0.15) is 26.7 Å². The average molecular weight is 288 g/mol. The molecule has 1 atom stereocenters. The summed E-state index contributed by atoms with van der Waals surface area (Å²) in [5.74, 6) is -1.86. The van der Waals surface area contributed by atoms with E-state index in [0.717, 1.165) is 0 Å². The number of carbonyl (C=O) groups is 2. The van der Waals surface area contributed by atoms with Crippen LogP contribution in [0.3, 0.4) is 0 Å². The molecule has 1 unspecified atom stereocenters. The number of hydrogen-bond acceptors (Lipinski definition) is 5. The molecule has 0 bridgehead atoms. The molecule has 0 saturated carbocycles. The van der Waals surface area contributed by atoms with Gasteiger partial charge in [-0.3, -0.25) is 0 Å². The Morgan fingerprint density at radius 2 is 1.84 bits per heavy atom. The second-order valence-electron chi connectivity index (χ2n) is 5.81. The topological polar surface area (TPSA) is 83.8 Å². The van der Waals surface area contributed by atoms with Crippen LogP contribution in [-0.2, 0) is 14.3 Å². The van der Waals surface area contributed by atoms with E-state index in [9.17, 15) is 14.7 Å². The Hall–Kier alpha value is -0.983. The highest BCUT2D eigenvalue weighted by molar-refractivity contribution is 6.81. The third-order valence-electron chi connectivity index (χ3n) is 2.46. The zero-order valence-electron chi connectivity index (χ0n) is 12.3. The number of ether oxygens (including phenoxy) is 1. The van der Waals surface area contributed by atoms with E-state index in [1.807, 2.05) is 25.3 Å². The summed E-state index contributed by atoms with van der Waals surface area (Å²) >= 11 is 0. The Morgan fingerprint density at radius 1 is 1.32 bits per heavy atom. The van der Waals surface area contributed by atoms with Crippen molar-refractivity contribution in [2.24, 2.45) is 0 Å². The lowest BCUT2D eigenvalue weighted by Gasteiger charge is -2.22. The van der Waals surface area contributed by atoms with E-state index in [1.54, 1.807) is 13.8 Å². The highest BCUT2D eigenvalue weighted by Gasteiger charge is 2.37. The normalized spacial score (nSPS) is 15.8. The third-order valence-corrected chi connectivity index (χ3v) is 3.76. The molecule has 5 nitrogen and oxygen atoms in total. The van der Waals surface area contributed by atoms with Gasteiger partial charge in [0.2, 0.25) is 0 Å². The summed E-state index contributed by atoms with van der Waals surface area (Å²) < 4.78 is 4.63. The van der Waals surface area contributed by atoms with E-state index in [-0.39, 0.29) is 6.42 Å². The molecule has 19 heavy (non-hydrogen) atoms. The molecule has 0 fully saturated rings. The Labute approximate surface area is 115 Å². The molecule has 0 aromatic rings. The van der Waals surface area contributed by atoms with Gasteiger partial charge in [-0.25, -0.2) is 9.59 Å². The van der Waals surface area contributed by atoms with E-state index < -0.39 is 32.2 Å². The largest absolute Gasteiger partial charge is 0.393 e. The van der Waals surface area contributed by atoms with Crippen LogP contribution in [0.4, 0.5) is 0 Å². The molecule has 0 rings (SSSR count). The Morgan fingerprint density at radius 3 is 2.21 bits per heavy atom. The minimum atomic E-state index is -2.00. The van der Waals surface area contributed by atoms with Crippen molar-refractivity contribution in [3.8, 4) is 0 Å². The summed E-state index contributed by atoms with van der Waals surface area (Å²) in [7, 11) is -1.59. The Bertz CT molecular complexity index is 370. The lowest BCUT2D eigenvalue weighted by atomic mass is 10.00. The summed E-state index contributed by atoms with van der Waals surface area (Å²) in [6.07, 6.45) is 0.538. The standard InChI is InChI=1S/C13H24O5Si/c1-6-7-13(17,9-14)12(16)18-11(15)10(2)8-19(3,4)5/h8,14,17H,6-7,9H2,1-5H3/b10-8+. The number of aliphatic hydroxyl groups is 2. The van der Waals surface area contributed by atoms with Crippen LogP contribution < -0.4 is 0 Å². The van der Waals surface area contributed by atoms with Crippen LogP contribution in [0.25, 0.3) is 0 Å². The first-order valence-corrected chi connectivity index (χ1v) is 9.93. The highest BCUT2D eigenvalue weighted by Crippen LogP contribution is 2.16. The molecule has 0 aliphatic carbocycles. The molecular formula is C13H24O5Si.